The number of benzene rings is 2. The van der Waals surface area contributed by atoms with Gasteiger partial charge in [0.05, 0.1) is 4.90 Å². The Labute approximate surface area is 214 Å². The number of carbonyl (C=O) groups excluding carboxylic acids is 1. The van der Waals surface area contributed by atoms with Gasteiger partial charge in [-0.25, -0.2) is 12.4 Å². The van der Waals surface area contributed by atoms with Crippen molar-refractivity contribution in [1.29, 1.82) is 0 Å². The van der Waals surface area contributed by atoms with Crippen LogP contribution in [0.2, 0.25) is 0 Å². The molecule has 2 N–H and O–H groups in total. The molecular formula is C27H27BrN2O4S. The molecule has 0 fully saturated rings. The minimum absolute atomic E-state index is 0.0975. The van der Waals surface area contributed by atoms with Crippen LogP contribution in [0.15, 0.2) is 95.7 Å². The fraction of sp³-hybridized carbons (Fsp3) is 0.222. The van der Waals surface area contributed by atoms with Gasteiger partial charge in [0.25, 0.3) is 10.0 Å². The molecule has 0 radical (unpaired) electrons. The normalized spacial score (nSPS) is 16.8. The van der Waals surface area contributed by atoms with Crippen LogP contribution in [-0.4, -0.2) is 29.8 Å². The standard InChI is InChI=1S/C27H27BrN2O4S/c1-19(31)34-18-27(26-15-23(28)9-12-25(26)21-5-3-2-4-6-21)22-13-14-30(17-22)35(32,33)24-10-7-20(16-29)8-11-24/h2-8,10-15,17,23,27H,9,16,18,29H2,1H3. The molecule has 182 valence electrons. The van der Waals surface area contributed by atoms with Crippen LogP contribution in [0.5, 0.6) is 0 Å². The quantitative estimate of drug-likeness (QED) is 0.312. The summed E-state index contributed by atoms with van der Waals surface area (Å²) in [6.07, 6.45) is 8.23. The Kier molecular flexibility index (Phi) is 7.74. The van der Waals surface area contributed by atoms with Crippen molar-refractivity contribution >= 4 is 37.5 Å². The molecule has 0 saturated carbocycles. The highest BCUT2D eigenvalue weighted by atomic mass is 79.9. The molecule has 1 aliphatic rings. The third-order valence-electron chi connectivity index (χ3n) is 5.96. The Morgan fingerprint density at radius 2 is 1.86 bits per heavy atom. The number of nitrogens with two attached hydrogens (primary N) is 1. The summed E-state index contributed by atoms with van der Waals surface area (Å²) in [5.41, 5.74) is 10.3. The fourth-order valence-corrected chi connectivity index (χ4v) is 5.82. The third-order valence-corrected chi connectivity index (χ3v) is 8.25. The lowest BCUT2D eigenvalue weighted by atomic mass is 9.81. The molecule has 1 aliphatic carbocycles. The van der Waals surface area contributed by atoms with Crippen LogP contribution < -0.4 is 5.73 Å². The number of alkyl halides is 1. The molecule has 0 spiro atoms. The zero-order valence-electron chi connectivity index (χ0n) is 19.3. The van der Waals surface area contributed by atoms with E-state index in [4.69, 9.17) is 10.5 Å². The lowest BCUT2D eigenvalue weighted by Gasteiger charge is -2.26. The van der Waals surface area contributed by atoms with E-state index in [9.17, 15) is 13.2 Å². The highest BCUT2D eigenvalue weighted by Gasteiger charge is 2.27. The van der Waals surface area contributed by atoms with Crippen molar-refractivity contribution in [3.05, 3.63) is 107 Å². The Morgan fingerprint density at radius 1 is 1.14 bits per heavy atom. The largest absolute Gasteiger partial charge is 0.465 e. The van der Waals surface area contributed by atoms with Crippen LogP contribution in [0, 0.1) is 0 Å². The van der Waals surface area contributed by atoms with Gasteiger partial charge in [-0.15, -0.1) is 0 Å². The molecule has 0 amide bonds. The van der Waals surface area contributed by atoms with Crippen LogP contribution in [0.1, 0.15) is 36.0 Å². The summed E-state index contributed by atoms with van der Waals surface area (Å²) >= 11 is 3.69. The summed E-state index contributed by atoms with van der Waals surface area (Å²) in [4.78, 5) is 12.0. The molecular weight excluding hydrogens is 528 g/mol. The summed E-state index contributed by atoms with van der Waals surface area (Å²) < 4.78 is 33.2. The topological polar surface area (TPSA) is 91.4 Å². The second-order valence-corrected chi connectivity index (χ2v) is 11.4. The van der Waals surface area contributed by atoms with Gasteiger partial charge in [-0.3, -0.25) is 4.79 Å². The molecule has 1 aromatic heterocycles. The maximum absolute atomic E-state index is 13.3. The predicted molar refractivity (Wildman–Crippen MR) is 141 cm³/mol. The first-order chi connectivity index (χ1) is 16.8. The average molecular weight is 555 g/mol. The summed E-state index contributed by atoms with van der Waals surface area (Å²) in [7, 11) is -3.79. The van der Waals surface area contributed by atoms with E-state index < -0.39 is 10.0 Å². The maximum Gasteiger partial charge on any atom is 0.302 e. The number of halogens is 1. The number of nitrogens with zero attached hydrogens (tertiary/aromatic N) is 1. The van der Waals surface area contributed by atoms with Crippen molar-refractivity contribution < 1.29 is 17.9 Å². The lowest BCUT2D eigenvalue weighted by Crippen LogP contribution is -2.17. The van der Waals surface area contributed by atoms with Crippen molar-refractivity contribution in [2.45, 2.75) is 35.5 Å². The van der Waals surface area contributed by atoms with E-state index in [0.29, 0.717) is 6.54 Å². The molecule has 8 heteroatoms. The van der Waals surface area contributed by atoms with Crippen LogP contribution in [0.4, 0.5) is 0 Å². The van der Waals surface area contributed by atoms with Crippen LogP contribution in [-0.2, 0) is 26.1 Å². The van der Waals surface area contributed by atoms with Gasteiger partial charge in [-0.1, -0.05) is 70.5 Å². The SMILES string of the molecule is CC(=O)OCC(C1=CC(Br)CC=C1c1ccccc1)c1ccn(S(=O)(=O)c2ccc(CN)cc2)c1. The van der Waals surface area contributed by atoms with E-state index in [-0.39, 0.29) is 28.2 Å². The van der Waals surface area contributed by atoms with Gasteiger partial charge in [0.2, 0.25) is 0 Å². The number of rotatable bonds is 8. The third kappa shape index (κ3) is 5.66. The minimum Gasteiger partial charge on any atom is -0.465 e. The summed E-state index contributed by atoms with van der Waals surface area (Å²) in [5, 5.41) is 0. The van der Waals surface area contributed by atoms with E-state index in [1.165, 1.54) is 17.1 Å². The van der Waals surface area contributed by atoms with Crippen LogP contribution >= 0.6 is 15.9 Å². The highest BCUT2D eigenvalue weighted by Crippen LogP contribution is 2.40. The predicted octanol–water partition coefficient (Wildman–Crippen LogP) is 5.01. The zero-order valence-corrected chi connectivity index (χ0v) is 21.7. The molecule has 3 aromatic rings. The van der Waals surface area contributed by atoms with E-state index in [0.717, 1.165) is 34.3 Å². The summed E-state index contributed by atoms with van der Waals surface area (Å²) in [6, 6.07) is 18.3. The number of aromatic nitrogens is 1. The Balaban J connectivity index is 1.73. The van der Waals surface area contributed by atoms with Gasteiger partial charge in [-0.2, -0.15) is 0 Å². The monoisotopic (exact) mass is 554 g/mol. The molecule has 0 bridgehead atoms. The molecule has 1 heterocycles. The van der Waals surface area contributed by atoms with E-state index in [1.54, 1.807) is 36.5 Å². The van der Waals surface area contributed by atoms with Crippen LogP contribution in [0.3, 0.4) is 0 Å². The van der Waals surface area contributed by atoms with Crippen molar-refractivity contribution in [2.75, 3.05) is 6.61 Å². The fourth-order valence-electron chi connectivity index (χ4n) is 4.14. The van der Waals surface area contributed by atoms with Gasteiger partial charge in [-0.05, 0) is 52.5 Å². The van der Waals surface area contributed by atoms with Crippen molar-refractivity contribution in [3.8, 4) is 0 Å². The second kappa shape index (κ2) is 10.8. The molecule has 6 nitrogen and oxygen atoms in total. The molecule has 4 rings (SSSR count). The Morgan fingerprint density at radius 3 is 2.51 bits per heavy atom. The smallest absolute Gasteiger partial charge is 0.302 e. The number of allylic oxidation sites excluding steroid dienone is 3. The Hall–Kier alpha value is -2.94. The number of ether oxygens (including phenoxy) is 1. The first-order valence-electron chi connectivity index (χ1n) is 11.3. The van der Waals surface area contributed by atoms with Gasteiger partial charge in [0.1, 0.15) is 6.61 Å². The molecule has 2 unspecified atom stereocenters. The molecule has 2 atom stereocenters. The second-order valence-electron chi connectivity index (χ2n) is 8.34. The van der Waals surface area contributed by atoms with Crippen molar-refractivity contribution in [1.82, 2.24) is 3.97 Å². The van der Waals surface area contributed by atoms with Gasteiger partial charge in [0.15, 0.2) is 0 Å². The first-order valence-corrected chi connectivity index (χ1v) is 13.6. The number of carbonyl (C=O) groups is 1. The zero-order chi connectivity index (χ0) is 25.0. The summed E-state index contributed by atoms with van der Waals surface area (Å²) in [5.74, 6) is -0.735. The van der Waals surface area contributed by atoms with Gasteiger partial charge >= 0.3 is 5.97 Å². The van der Waals surface area contributed by atoms with Crippen LogP contribution in [0.25, 0.3) is 5.57 Å². The number of hydrogen-bond donors (Lipinski definition) is 1. The molecule has 35 heavy (non-hydrogen) atoms. The van der Waals surface area contributed by atoms with E-state index in [1.807, 2.05) is 30.3 Å². The number of hydrogen-bond acceptors (Lipinski definition) is 5. The number of esters is 1. The average Bonchev–Trinajstić information content (AvgIpc) is 3.36. The Bertz CT molecular complexity index is 1360. The highest BCUT2D eigenvalue weighted by molar-refractivity contribution is 9.09. The van der Waals surface area contributed by atoms with E-state index in [2.05, 4.69) is 28.1 Å². The van der Waals surface area contributed by atoms with E-state index >= 15 is 0 Å². The van der Waals surface area contributed by atoms with Gasteiger partial charge < -0.3 is 10.5 Å². The van der Waals surface area contributed by atoms with Gasteiger partial charge in [0, 0.05) is 36.6 Å². The minimum atomic E-state index is -3.79. The van der Waals surface area contributed by atoms with Crippen molar-refractivity contribution in [3.63, 3.8) is 0 Å². The first kappa shape index (κ1) is 25.2. The summed E-state index contributed by atoms with van der Waals surface area (Å²) in [6.45, 7) is 1.81. The maximum atomic E-state index is 13.3. The molecule has 0 aliphatic heterocycles. The lowest BCUT2D eigenvalue weighted by molar-refractivity contribution is -0.141. The van der Waals surface area contributed by atoms with Crippen molar-refractivity contribution in [2.24, 2.45) is 5.73 Å². The molecule has 0 saturated heterocycles. The molecule has 2 aromatic carbocycles.